The maximum Gasteiger partial charge on any atom is 0.278 e. The number of carbonyl (C=O) groups is 1. The summed E-state index contributed by atoms with van der Waals surface area (Å²) in [4.78, 5) is 11.5. The monoisotopic (exact) mass is 235 g/mol. The fourth-order valence-electron chi connectivity index (χ4n) is 1.45. The number of carbonyl (C=O) groups excluding carboxylic acids is 1. The van der Waals surface area contributed by atoms with Crippen LogP contribution in [0.3, 0.4) is 0 Å². The maximum atomic E-state index is 12.4. The number of benzene rings is 1. The van der Waals surface area contributed by atoms with E-state index in [9.17, 15) is 13.6 Å². The van der Waals surface area contributed by atoms with E-state index in [1.165, 1.54) is 24.3 Å². The molecule has 6 heteroatoms. The van der Waals surface area contributed by atoms with Crippen molar-refractivity contribution in [3.05, 3.63) is 29.8 Å². The second kappa shape index (κ2) is 4.29. The van der Waals surface area contributed by atoms with E-state index < -0.39 is 18.0 Å². The Hall–Kier alpha value is -2.29. The highest BCUT2D eigenvalue weighted by atomic mass is 19.3. The van der Waals surface area contributed by atoms with Crippen molar-refractivity contribution in [1.29, 1.82) is 5.26 Å². The van der Waals surface area contributed by atoms with Crippen LogP contribution in [0.25, 0.3) is 0 Å². The highest BCUT2D eigenvalue weighted by Crippen LogP contribution is 2.22. The smallest absolute Gasteiger partial charge is 0.272 e. The molecule has 0 unspecified atom stereocenters. The Morgan fingerprint density at radius 2 is 2.00 bits per heavy atom. The highest BCUT2D eigenvalue weighted by molar-refractivity contribution is 6.14. The quantitative estimate of drug-likeness (QED) is 0.786. The van der Waals surface area contributed by atoms with Gasteiger partial charge in [0.25, 0.3) is 12.3 Å². The molecule has 1 aromatic carbocycles. The third-order valence-electron chi connectivity index (χ3n) is 2.29. The van der Waals surface area contributed by atoms with Crippen LogP contribution >= 0.6 is 0 Å². The lowest BCUT2D eigenvalue weighted by atomic mass is 10.2. The summed E-state index contributed by atoms with van der Waals surface area (Å²) in [5.41, 5.74) is 0.377. The van der Waals surface area contributed by atoms with E-state index in [2.05, 4.69) is 5.10 Å². The lowest BCUT2D eigenvalue weighted by Gasteiger charge is -2.10. The summed E-state index contributed by atoms with van der Waals surface area (Å²) in [6, 6.07) is 7.91. The van der Waals surface area contributed by atoms with E-state index in [1.54, 1.807) is 0 Å². The zero-order valence-electron chi connectivity index (χ0n) is 8.60. The molecule has 0 aliphatic carbocycles. The van der Waals surface area contributed by atoms with Gasteiger partial charge in [0.05, 0.1) is 23.7 Å². The van der Waals surface area contributed by atoms with Crippen LogP contribution in [0.4, 0.5) is 14.5 Å². The summed E-state index contributed by atoms with van der Waals surface area (Å²) < 4.78 is 24.7. The summed E-state index contributed by atoms with van der Waals surface area (Å²) in [6.45, 7) is 0. The van der Waals surface area contributed by atoms with Crippen molar-refractivity contribution < 1.29 is 13.6 Å². The number of hydrogen-bond donors (Lipinski definition) is 0. The molecule has 0 saturated carbocycles. The molecule has 0 aromatic heterocycles. The minimum absolute atomic E-state index is 0.363. The molecule has 0 fully saturated rings. The predicted octanol–water partition coefficient (Wildman–Crippen LogP) is 1.92. The Morgan fingerprint density at radius 1 is 1.35 bits per heavy atom. The molecule has 0 radical (unpaired) electrons. The van der Waals surface area contributed by atoms with Crippen LogP contribution in [0, 0.1) is 11.3 Å². The van der Waals surface area contributed by atoms with Crippen LogP contribution in [-0.4, -0.2) is 18.0 Å². The van der Waals surface area contributed by atoms with Gasteiger partial charge in [0.1, 0.15) is 5.71 Å². The van der Waals surface area contributed by atoms with Gasteiger partial charge in [-0.25, -0.2) is 13.8 Å². The molecule has 1 aromatic rings. The predicted molar refractivity (Wildman–Crippen MR) is 56.7 cm³/mol. The van der Waals surface area contributed by atoms with Gasteiger partial charge in [-0.3, -0.25) is 4.79 Å². The van der Waals surface area contributed by atoms with Crippen LogP contribution in [0.5, 0.6) is 0 Å². The van der Waals surface area contributed by atoms with Crippen LogP contribution in [0.2, 0.25) is 0 Å². The molecule has 86 valence electrons. The Bertz CT molecular complexity index is 517. The topological polar surface area (TPSA) is 56.5 Å². The third-order valence-corrected chi connectivity index (χ3v) is 2.29. The fourth-order valence-corrected chi connectivity index (χ4v) is 1.45. The molecule has 17 heavy (non-hydrogen) atoms. The fraction of sp³-hybridized carbons (Fsp3) is 0.182. The first-order chi connectivity index (χ1) is 8.11. The van der Waals surface area contributed by atoms with Gasteiger partial charge >= 0.3 is 0 Å². The van der Waals surface area contributed by atoms with E-state index >= 15 is 0 Å². The first kappa shape index (κ1) is 11.2. The zero-order chi connectivity index (χ0) is 12.4. The van der Waals surface area contributed by atoms with Crippen molar-refractivity contribution in [3.63, 3.8) is 0 Å². The second-order valence-corrected chi connectivity index (χ2v) is 3.43. The van der Waals surface area contributed by atoms with E-state index in [-0.39, 0.29) is 6.42 Å². The molecule has 0 saturated heterocycles. The molecule has 1 amide bonds. The van der Waals surface area contributed by atoms with Crippen molar-refractivity contribution in [2.24, 2.45) is 5.10 Å². The molecular weight excluding hydrogens is 228 g/mol. The van der Waals surface area contributed by atoms with Crippen LogP contribution in [0.1, 0.15) is 12.0 Å². The number of rotatable bonds is 2. The number of hydrogen-bond acceptors (Lipinski definition) is 3. The summed E-state index contributed by atoms with van der Waals surface area (Å²) in [6.07, 6.45) is -3.08. The number of amides is 1. The van der Waals surface area contributed by atoms with Gasteiger partial charge in [-0.2, -0.15) is 10.4 Å². The lowest BCUT2D eigenvalue weighted by Crippen LogP contribution is -2.19. The van der Waals surface area contributed by atoms with E-state index in [4.69, 9.17) is 5.26 Å². The Balaban J connectivity index is 2.28. The molecule has 1 aliphatic rings. The zero-order valence-corrected chi connectivity index (χ0v) is 8.60. The first-order valence-electron chi connectivity index (χ1n) is 4.80. The second-order valence-electron chi connectivity index (χ2n) is 3.43. The number of halogens is 2. The van der Waals surface area contributed by atoms with E-state index in [0.717, 1.165) is 5.01 Å². The number of nitrogens with zero attached hydrogens (tertiary/aromatic N) is 3. The summed E-state index contributed by atoms with van der Waals surface area (Å²) in [5.74, 6) is -0.495. The molecule has 0 bridgehead atoms. The number of hydrazone groups is 1. The summed E-state index contributed by atoms with van der Waals surface area (Å²) in [7, 11) is 0. The average Bonchev–Trinajstić information content (AvgIpc) is 2.72. The molecule has 2 rings (SSSR count). The third kappa shape index (κ3) is 2.13. The number of anilines is 1. The SMILES string of the molecule is N#Cc1ccc(N2N=C(C(F)F)CC2=O)cc1. The Kier molecular flexibility index (Phi) is 2.83. The van der Waals surface area contributed by atoms with Crippen LogP contribution in [-0.2, 0) is 4.79 Å². The molecule has 1 heterocycles. The molecule has 0 spiro atoms. The van der Waals surface area contributed by atoms with Gasteiger partial charge in [-0.1, -0.05) is 0 Å². The molecule has 1 aliphatic heterocycles. The van der Waals surface area contributed by atoms with Gasteiger partial charge in [-0.05, 0) is 24.3 Å². The first-order valence-corrected chi connectivity index (χ1v) is 4.80. The normalized spacial score (nSPS) is 15.1. The lowest BCUT2D eigenvalue weighted by molar-refractivity contribution is -0.117. The molecule has 0 N–H and O–H groups in total. The highest BCUT2D eigenvalue weighted by Gasteiger charge is 2.29. The van der Waals surface area contributed by atoms with Crippen molar-refractivity contribution in [3.8, 4) is 6.07 Å². The minimum atomic E-state index is -2.72. The number of nitriles is 1. The van der Waals surface area contributed by atoms with Gasteiger partial charge < -0.3 is 0 Å². The molecular formula is C11H7F2N3O. The van der Waals surface area contributed by atoms with Gasteiger partial charge in [0.2, 0.25) is 0 Å². The van der Waals surface area contributed by atoms with Crippen molar-refractivity contribution >= 4 is 17.3 Å². The minimum Gasteiger partial charge on any atom is -0.272 e. The summed E-state index contributed by atoms with van der Waals surface area (Å²) in [5, 5.41) is 13.1. The average molecular weight is 235 g/mol. The van der Waals surface area contributed by atoms with Gasteiger partial charge in [0.15, 0.2) is 0 Å². The van der Waals surface area contributed by atoms with E-state index in [1.807, 2.05) is 6.07 Å². The van der Waals surface area contributed by atoms with E-state index in [0.29, 0.717) is 11.3 Å². The van der Waals surface area contributed by atoms with Crippen molar-refractivity contribution in [2.75, 3.05) is 5.01 Å². The maximum absolute atomic E-state index is 12.4. The number of alkyl halides is 2. The molecule has 0 atom stereocenters. The molecule has 4 nitrogen and oxygen atoms in total. The van der Waals surface area contributed by atoms with Crippen molar-refractivity contribution in [1.82, 2.24) is 0 Å². The largest absolute Gasteiger partial charge is 0.278 e. The van der Waals surface area contributed by atoms with Crippen molar-refractivity contribution in [2.45, 2.75) is 12.8 Å². The van der Waals surface area contributed by atoms with Gasteiger partial charge in [0, 0.05) is 0 Å². The summed E-state index contributed by atoms with van der Waals surface area (Å²) >= 11 is 0. The Labute approximate surface area is 95.8 Å². The van der Waals surface area contributed by atoms with Gasteiger partial charge in [-0.15, -0.1) is 0 Å². The van der Waals surface area contributed by atoms with Crippen LogP contribution in [0.15, 0.2) is 29.4 Å². The van der Waals surface area contributed by atoms with Crippen LogP contribution < -0.4 is 5.01 Å². The standard InChI is InChI=1S/C11H7F2N3O/c12-11(13)9-5-10(17)16(15-9)8-3-1-7(6-14)2-4-8/h1-4,11H,5H2. The Morgan fingerprint density at radius 3 is 2.47 bits per heavy atom.